The number of rotatable bonds is 4. The average Bonchev–Trinajstić information content (AvgIpc) is 2.85. The van der Waals surface area contributed by atoms with Crippen molar-refractivity contribution in [3.05, 3.63) is 41.4 Å². The van der Waals surface area contributed by atoms with Gasteiger partial charge < -0.3 is 15.5 Å². The van der Waals surface area contributed by atoms with Crippen LogP contribution in [0.5, 0.6) is 0 Å². The van der Waals surface area contributed by atoms with E-state index in [1.165, 1.54) is 6.39 Å². The number of carbonyl (C=O) groups is 1. The summed E-state index contributed by atoms with van der Waals surface area (Å²) in [6.07, 6.45) is 1.23. The smallest absolute Gasteiger partial charge is 0.273 e. The molecule has 102 valence electrons. The standard InChI is InChI=1S/C12H12ClN3O2.ClH/c13-9-3-1-2-8(6-9)11-10(16-7-18-11)12(17)15-5-4-14;/h1-3,6-7H,4-5,14H2,(H,15,17);1H. The van der Waals surface area contributed by atoms with Gasteiger partial charge in [0.1, 0.15) is 0 Å². The van der Waals surface area contributed by atoms with Crippen LogP contribution in [0.25, 0.3) is 11.3 Å². The lowest BCUT2D eigenvalue weighted by Gasteiger charge is -2.03. The Morgan fingerprint density at radius 1 is 1.47 bits per heavy atom. The Balaban J connectivity index is 0.00000180. The van der Waals surface area contributed by atoms with Crippen molar-refractivity contribution in [1.82, 2.24) is 10.3 Å². The molecule has 0 unspecified atom stereocenters. The van der Waals surface area contributed by atoms with Crippen molar-refractivity contribution >= 4 is 29.9 Å². The summed E-state index contributed by atoms with van der Waals surface area (Å²) in [6, 6.07) is 7.03. The molecule has 0 fully saturated rings. The first-order valence-corrected chi connectivity index (χ1v) is 5.78. The SMILES string of the molecule is Cl.NCCNC(=O)c1ncoc1-c1cccc(Cl)c1. The largest absolute Gasteiger partial charge is 0.443 e. The number of nitrogens with zero attached hydrogens (tertiary/aromatic N) is 1. The van der Waals surface area contributed by atoms with Crippen LogP contribution < -0.4 is 11.1 Å². The first kappa shape index (κ1) is 15.5. The summed E-state index contributed by atoms with van der Waals surface area (Å²) in [5.41, 5.74) is 6.26. The zero-order valence-corrected chi connectivity index (χ0v) is 11.5. The van der Waals surface area contributed by atoms with Crippen LogP contribution >= 0.6 is 24.0 Å². The van der Waals surface area contributed by atoms with Crippen LogP contribution in [0.3, 0.4) is 0 Å². The van der Waals surface area contributed by atoms with Gasteiger partial charge in [0.25, 0.3) is 5.91 Å². The Morgan fingerprint density at radius 3 is 2.95 bits per heavy atom. The quantitative estimate of drug-likeness (QED) is 0.906. The highest BCUT2D eigenvalue weighted by molar-refractivity contribution is 6.30. The van der Waals surface area contributed by atoms with Gasteiger partial charge in [-0.3, -0.25) is 4.79 Å². The first-order chi connectivity index (χ1) is 8.72. The number of oxazole rings is 1. The number of aromatic nitrogens is 1. The van der Waals surface area contributed by atoms with Crippen molar-refractivity contribution < 1.29 is 9.21 Å². The molecule has 2 aromatic rings. The van der Waals surface area contributed by atoms with Crippen molar-refractivity contribution in [2.75, 3.05) is 13.1 Å². The van der Waals surface area contributed by atoms with Gasteiger partial charge in [0, 0.05) is 23.7 Å². The molecule has 7 heteroatoms. The van der Waals surface area contributed by atoms with E-state index in [1.54, 1.807) is 24.3 Å². The average molecular weight is 302 g/mol. The Kier molecular flexibility index (Phi) is 5.82. The van der Waals surface area contributed by atoms with E-state index in [1.807, 2.05) is 0 Å². The van der Waals surface area contributed by atoms with Gasteiger partial charge in [-0.25, -0.2) is 4.98 Å². The minimum Gasteiger partial charge on any atom is -0.443 e. The third-order valence-corrected chi connectivity index (χ3v) is 2.53. The fourth-order valence-corrected chi connectivity index (χ4v) is 1.70. The molecule has 0 radical (unpaired) electrons. The summed E-state index contributed by atoms with van der Waals surface area (Å²) in [5, 5.41) is 3.21. The summed E-state index contributed by atoms with van der Waals surface area (Å²) in [4.78, 5) is 15.7. The van der Waals surface area contributed by atoms with Gasteiger partial charge in [0.15, 0.2) is 17.8 Å². The van der Waals surface area contributed by atoms with Gasteiger partial charge in [-0.15, -0.1) is 12.4 Å². The highest BCUT2D eigenvalue weighted by atomic mass is 35.5. The molecule has 0 aliphatic heterocycles. The molecule has 1 aromatic carbocycles. The monoisotopic (exact) mass is 301 g/mol. The zero-order valence-electron chi connectivity index (χ0n) is 9.93. The number of carbonyl (C=O) groups excluding carboxylic acids is 1. The minimum atomic E-state index is -0.316. The molecule has 2 rings (SSSR count). The van der Waals surface area contributed by atoms with Gasteiger partial charge in [0.2, 0.25) is 0 Å². The third kappa shape index (κ3) is 3.70. The number of benzene rings is 1. The number of hydrogen-bond donors (Lipinski definition) is 2. The van der Waals surface area contributed by atoms with Crippen molar-refractivity contribution in [2.24, 2.45) is 5.73 Å². The molecule has 1 aromatic heterocycles. The van der Waals surface area contributed by atoms with Crippen LogP contribution in [0.4, 0.5) is 0 Å². The molecule has 0 saturated heterocycles. The predicted octanol–water partition coefficient (Wildman–Crippen LogP) is 2.11. The first-order valence-electron chi connectivity index (χ1n) is 5.40. The molecule has 0 saturated carbocycles. The number of halogens is 2. The number of hydrogen-bond acceptors (Lipinski definition) is 4. The van der Waals surface area contributed by atoms with E-state index < -0.39 is 0 Å². The summed E-state index contributed by atoms with van der Waals surface area (Å²) in [6.45, 7) is 0.761. The van der Waals surface area contributed by atoms with Gasteiger partial charge in [0.05, 0.1) is 0 Å². The lowest BCUT2D eigenvalue weighted by atomic mass is 10.1. The Labute approximate surface area is 121 Å². The molecule has 5 nitrogen and oxygen atoms in total. The summed E-state index contributed by atoms with van der Waals surface area (Å²) in [5.74, 6) is 0.0798. The van der Waals surface area contributed by atoms with Crippen LogP contribution in [-0.2, 0) is 0 Å². The Hall–Kier alpha value is -1.56. The second-order valence-corrected chi connectivity index (χ2v) is 4.02. The minimum absolute atomic E-state index is 0. The van der Waals surface area contributed by atoms with E-state index >= 15 is 0 Å². The maximum absolute atomic E-state index is 11.8. The zero-order chi connectivity index (χ0) is 13.0. The Morgan fingerprint density at radius 2 is 2.26 bits per heavy atom. The molecule has 1 amide bonds. The van der Waals surface area contributed by atoms with E-state index in [0.717, 1.165) is 0 Å². The molecule has 0 aliphatic carbocycles. The van der Waals surface area contributed by atoms with Crippen molar-refractivity contribution in [2.45, 2.75) is 0 Å². The van der Waals surface area contributed by atoms with E-state index in [9.17, 15) is 4.79 Å². The fourth-order valence-electron chi connectivity index (χ4n) is 1.51. The Bertz CT molecular complexity index is 557. The van der Waals surface area contributed by atoms with Crippen molar-refractivity contribution in [3.63, 3.8) is 0 Å². The number of amides is 1. The molecule has 0 atom stereocenters. The van der Waals surface area contributed by atoms with Crippen LogP contribution in [0.1, 0.15) is 10.5 Å². The van der Waals surface area contributed by atoms with Crippen LogP contribution in [-0.4, -0.2) is 24.0 Å². The topological polar surface area (TPSA) is 81.1 Å². The van der Waals surface area contributed by atoms with Crippen molar-refractivity contribution in [1.29, 1.82) is 0 Å². The van der Waals surface area contributed by atoms with Crippen LogP contribution in [0.15, 0.2) is 35.1 Å². The molecule has 19 heavy (non-hydrogen) atoms. The summed E-state index contributed by atoms with van der Waals surface area (Å²) >= 11 is 5.90. The predicted molar refractivity (Wildman–Crippen MR) is 75.6 cm³/mol. The summed E-state index contributed by atoms with van der Waals surface area (Å²) < 4.78 is 5.24. The van der Waals surface area contributed by atoms with E-state index in [2.05, 4.69) is 10.3 Å². The molecule has 0 aliphatic rings. The lowest BCUT2D eigenvalue weighted by Crippen LogP contribution is -2.29. The molecule has 3 N–H and O–H groups in total. The normalized spacial score (nSPS) is 9.79. The maximum atomic E-state index is 11.8. The summed E-state index contributed by atoms with van der Waals surface area (Å²) in [7, 11) is 0. The maximum Gasteiger partial charge on any atom is 0.273 e. The number of nitrogens with two attached hydrogens (primary N) is 1. The van der Waals surface area contributed by atoms with Gasteiger partial charge in [-0.05, 0) is 12.1 Å². The molecule has 1 heterocycles. The third-order valence-electron chi connectivity index (χ3n) is 2.30. The highest BCUT2D eigenvalue weighted by Gasteiger charge is 2.17. The number of nitrogens with one attached hydrogen (secondary N) is 1. The molecular formula is C12H13Cl2N3O2. The molecular weight excluding hydrogens is 289 g/mol. The van der Waals surface area contributed by atoms with E-state index in [-0.39, 0.29) is 24.0 Å². The highest BCUT2D eigenvalue weighted by Crippen LogP contribution is 2.25. The second-order valence-electron chi connectivity index (χ2n) is 3.59. The van der Waals surface area contributed by atoms with Crippen LogP contribution in [0.2, 0.25) is 5.02 Å². The van der Waals surface area contributed by atoms with Gasteiger partial charge in [-0.2, -0.15) is 0 Å². The van der Waals surface area contributed by atoms with Crippen molar-refractivity contribution in [3.8, 4) is 11.3 Å². The van der Waals surface area contributed by atoms with Gasteiger partial charge >= 0.3 is 0 Å². The van der Waals surface area contributed by atoms with E-state index in [0.29, 0.717) is 29.4 Å². The van der Waals surface area contributed by atoms with E-state index in [4.69, 9.17) is 21.8 Å². The molecule has 0 spiro atoms. The second kappa shape index (κ2) is 7.13. The molecule has 0 bridgehead atoms. The fraction of sp³-hybridized carbons (Fsp3) is 0.167. The lowest BCUT2D eigenvalue weighted by molar-refractivity contribution is 0.0950. The van der Waals surface area contributed by atoms with Gasteiger partial charge in [-0.1, -0.05) is 23.7 Å². The van der Waals surface area contributed by atoms with Crippen LogP contribution in [0, 0.1) is 0 Å².